The molecule has 1 amide bonds. The minimum Gasteiger partial charge on any atom is -0.340 e. The van der Waals surface area contributed by atoms with Crippen LogP contribution in [0.1, 0.15) is 17.5 Å². The maximum absolute atomic E-state index is 12.8. The summed E-state index contributed by atoms with van der Waals surface area (Å²) in [6.45, 7) is 5.96. The second kappa shape index (κ2) is 9.04. The number of aryl methyl sites for hydroxylation is 1. The van der Waals surface area contributed by atoms with E-state index in [1.165, 1.54) is 15.8 Å². The van der Waals surface area contributed by atoms with Gasteiger partial charge in [0.2, 0.25) is 5.91 Å². The molecule has 1 saturated heterocycles. The van der Waals surface area contributed by atoms with Gasteiger partial charge in [-0.1, -0.05) is 48.0 Å². The first-order chi connectivity index (χ1) is 14.6. The summed E-state index contributed by atoms with van der Waals surface area (Å²) in [5.74, 6) is -0.102. The molecule has 0 unspecified atom stereocenters. The van der Waals surface area contributed by atoms with Gasteiger partial charge >= 0.3 is 5.69 Å². The molecule has 3 aromatic rings. The average molecular weight is 406 g/mol. The van der Waals surface area contributed by atoms with Crippen LogP contribution in [0, 0.1) is 6.92 Å². The van der Waals surface area contributed by atoms with Crippen LogP contribution in [0.5, 0.6) is 0 Å². The Bertz CT molecular complexity index is 1040. The third-order valence-corrected chi connectivity index (χ3v) is 5.39. The molecule has 0 aliphatic carbocycles. The zero-order valence-electron chi connectivity index (χ0n) is 17.1. The van der Waals surface area contributed by atoms with Gasteiger partial charge in [0.1, 0.15) is 6.54 Å². The van der Waals surface area contributed by atoms with E-state index in [1.807, 2.05) is 23.1 Å². The van der Waals surface area contributed by atoms with Crippen molar-refractivity contribution in [1.29, 1.82) is 0 Å². The minimum atomic E-state index is -0.412. The lowest BCUT2D eigenvalue weighted by Gasteiger charge is -2.22. The van der Waals surface area contributed by atoms with Gasteiger partial charge in [-0.25, -0.2) is 4.79 Å². The van der Waals surface area contributed by atoms with Crippen LogP contribution in [0.4, 0.5) is 0 Å². The fraction of sp³-hybridized carbons (Fsp3) is 0.364. The maximum Gasteiger partial charge on any atom is 0.368 e. The standard InChI is InChI=1S/C22H26N6O2/c1-18-8-10-19(11-9-18)16-25-12-5-13-26(15-14-25)21(29)17-27-22(30)28(24-23-27)20-6-3-2-4-7-20/h2-4,6-11H,5,12-17H2,1H3. The molecule has 156 valence electrons. The number of para-hydroxylation sites is 1. The van der Waals surface area contributed by atoms with Gasteiger partial charge in [0, 0.05) is 32.7 Å². The van der Waals surface area contributed by atoms with Crippen LogP contribution >= 0.6 is 0 Å². The molecule has 0 bridgehead atoms. The number of carbonyl (C=O) groups is 1. The van der Waals surface area contributed by atoms with E-state index < -0.39 is 5.69 Å². The van der Waals surface area contributed by atoms with Crippen molar-refractivity contribution >= 4 is 5.91 Å². The topological polar surface area (TPSA) is 76.3 Å². The molecule has 1 aromatic heterocycles. The Labute approximate surface area is 175 Å². The Morgan fingerprint density at radius 2 is 1.70 bits per heavy atom. The van der Waals surface area contributed by atoms with Gasteiger partial charge in [-0.3, -0.25) is 9.69 Å². The zero-order chi connectivity index (χ0) is 20.9. The van der Waals surface area contributed by atoms with Gasteiger partial charge < -0.3 is 4.90 Å². The molecule has 1 aliphatic heterocycles. The second-order valence-electron chi connectivity index (χ2n) is 7.66. The summed E-state index contributed by atoms with van der Waals surface area (Å²) in [6, 6.07) is 17.6. The van der Waals surface area contributed by atoms with Crippen molar-refractivity contribution in [2.24, 2.45) is 0 Å². The predicted molar refractivity (Wildman–Crippen MR) is 113 cm³/mol. The molecule has 0 radical (unpaired) electrons. The van der Waals surface area contributed by atoms with Gasteiger partial charge in [-0.2, -0.15) is 9.36 Å². The predicted octanol–water partition coefficient (Wildman–Crippen LogP) is 1.47. The first kappa shape index (κ1) is 20.0. The van der Waals surface area contributed by atoms with Gasteiger partial charge in [0.25, 0.3) is 0 Å². The van der Waals surface area contributed by atoms with Crippen LogP contribution in [-0.4, -0.2) is 61.7 Å². The molecule has 4 rings (SSSR count). The highest BCUT2D eigenvalue weighted by atomic mass is 16.2. The van der Waals surface area contributed by atoms with Gasteiger partial charge in [0.15, 0.2) is 0 Å². The number of benzene rings is 2. The Balaban J connectivity index is 1.36. The lowest BCUT2D eigenvalue weighted by atomic mass is 10.1. The van der Waals surface area contributed by atoms with Crippen molar-refractivity contribution in [3.8, 4) is 5.69 Å². The van der Waals surface area contributed by atoms with Crippen molar-refractivity contribution < 1.29 is 4.79 Å². The van der Waals surface area contributed by atoms with Crippen LogP contribution in [-0.2, 0) is 17.9 Å². The van der Waals surface area contributed by atoms with Gasteiger partial charge in [-0.05, 0) is 41.5 Å². The van der Waals surface area contributed by atoms with Crippen LogP contribution < -0.4 is 5.69 Å². The maximum atomic E-state index is 12.8. The smallest absolute Gasteiger partial charge is 0.340 e. The molecule has 8 nitrogen and oxygen atoms in total. The molecule has 0 spiro atoms. The number of hydrogen-bond acceptors (Lipinski definition) is 5. The monoisotopic (exact) mass is 406 g/mol. The Kier molecular flexibility index (Phi) is 6.04. The van der Waals surface area contributed by atoms with Crippen LogP contribution in [0.15, 0.2) is 59.4 Å². The van der Waals surface area contributed by atoms with E-state index in [2.05, 4.69) is 46.5 Å². The molecule has 30 heavy (non-hydrogen) atoms. The molecular formula is C22H26N6O2. The summed E-state index contributed by atoms with van der Waals surface area (Å²) in [5.41, 5.74) is 2.75. The lowest BCUT2D eigenvalue weighted by Crippen LogP contribution is -2.39. The fourth-order valence-corrected chi connectivity index (χ4v) is 3.66. The molecule has 2 aromatic carbocycles. The van der Waals surface area contributed by atoms with Gasteiger partial charge in [-0.15, -0.1) is 0 Å². The molecule has 1 aliphatic rings. The highest BCUT2D eigenvalue weighted by Crippen LogP contribution is 2.11. The number of carbonyl (C=O) groups excluding carboxylic acids is 1. The van der Waals surface area contributed by atoms with Crippen molar-refractivity contribution in [3.63, 3.8) is 0 Å². The van der Waals surface area contributed by atoms with E-state index >= 15 is 0 Å². The first-order valence-electron chi connectivity index (χ1n) is 10.2. The zero-order valence-corrected chi connectivity index (χ0v) is 17.1. The number of tetrazole rings is 1. The SMILES string of the molecule is Cc1ccc(CN2CCCN(C(=O)Cn3nnn(-c4ccccc4)c3=O)CC2)cc1. The highest BCUT2D eigenvalue weighted by Gasteiger charge is 2.21. The molecule has 0 atom stereocenters. The minimum absolute atomic E-state index is 0.0936. The highest BCUT2D eigenvalue weighted by molar-refractivity contribution is 5.75. The summed E-state index contributed by atoms with van der Waals surface area (Å²) in [5, 5.41) is 7.79. The van der Waals surface area contributed by atoms with Crippen LogP contribution in [0.2, 0.25) is 0 Å². The Hall–Kier alpha value is -3.26. The Morgan fingerprint density at radius 3 is 2.47 bits per heavy atom. The van der Waals surface area contributed by atoms with Crippen molar-refractivity contribution in [1.82, 2.24) is 29.6 Å². The number of rotatable bonds is 5. The third-order valence-electron chi connectivity index (χ3n) is 5.39. The molecule has 2 heterocycles. The summed E-state index contributed by atoms with van der Waals surface area (Å²) in [4.78, 5) is 29.5. The van der Waals surface area contributed by atoms with Crippen molar-refractivity contribution in [2.75, 3.05) is 26.2 Å². The van der Waals surface area contributed by atoms with E-state index in [4.69, 9.17) is 0 Å². The number of hydrogen-bond donors (Lipinski definition) is 0. The van der Waals surface area contributed by atoms with E-state index in [1.54, 1.807) is 12.1 Å². The van der Waals surface area contributed by atoms with E-state index in [0.29, 0.717) is 18.8 Å². The molecular weight excluding hydrogens is 380 g/mol. The molecule has 0 saturated carbocycles. The van der Waals surface area contributed by atoms with Crippen molar-refractivity contribution in [3.05, 3.63) is 76.2 Å². The van der Waals surface area contributed by atoms with E-state index in [-0.39, 0.29) is 12.5 Å². The lowest BCUT2D eigenvalue weighted by molar-refractivity contribution is -0.132. The Morgan fingerprint density at radius 1 is 0.933 bits per heavy atom. The quantitative estimate of drug-likeness (QED) is 0.641. The second-order valence-corrected chi connectivity index (χ2v) is 7.66. The molecule has 8 heteroatoms. The molecule has 0 N–H and O–H groups in total. The van der Waals surface area contributed by atoms with Crippen LogP contribution in [0.3, 0.4) is 0 Å². The largest absolute Gasteiger partial charge is 0.368 e. The third kappa shape index (κ3) is 4.65. The van der Waals surface area contributed by atoms with E-state index in [9.17, 15) is 9.59 Å². The number of amides is 1. The summed E-state index contributed by atoms with van der Waals surface area (Å²) in [7, 11) is 0. The number of nitrogens with zero attached hydrogens (tertiary/aromatic N) is 6. The normalized spacial score (nSPS) is 15.2. The molecule has 1 fully saturated rings. The van der Waals surface area contributed by atoms with Gasteiger partial charge in [0.05, 0.1) is 5.69 Å². The summed E-state index contributed by atoms with van der Waals surface area (Å²) < 4.78 is 2.34. The fourth-order valence-electron chi connectivity index (χ4n) is 3.66. The van der Waals surface area contributed by atoms with Crippen LogP contribution in [0.25, 0.3) is 5.69 Å². The summed E-state index contributed by atoms with van der Waals surface area (Å²) >= 11 is 0. The van der Waals surface area contributed by atoms with E-state index in [0.717, 1.165) is 30.7 Å². The summed E-state index contributed by atoms with van der Waals surface area (Å²) in [6.07, 6.45) is 0.906. The van der Waals surface area contributed by atoms with Crippen molar-refractivity contribution in [2.45, 2.75) is 26.4 Å². The first-order valence-corrected chi connectivity index (χ1v) is 10.2. The number of aromatic nitrogens is 4. The average Bonchev–Trinajstić information content (AvgIpc) is 2.97.